The molecule has 1 N–H and O–H groups in total. The van der Waals surface area contributed by atoms with Gasteiger partial charge in [0.25, 0.3) is 0 Å². The van der Waals surface area contributed by atoms with Crippen molar-refractivity contribution in [1.82, 2.24) is 10.5 Å². The molecular formula is C12H20N2O. The van der Waals surface area contributed by atoms with Crippen LogP contribution in [0.15, 0.2) is 4.52 Å². The molecule has 3 nitrogen and oxygen atoms in total. The van der Waals surface area contributed by atoms with Gasteiger partial charge >= 0.3 is 0 Å². The molecule has 15 heavy (non-hydrogen) atoms. The summed E-state index contributed by atoms with van der Waals surface area (Å²) in [5, 5.41) is 7.53. The van der Waals surface area contributed by atoms with Crippen LogP contribution in [0, 0.1) is 19.8 Å². The lowest BCUT2D eigenvalue weighted by Gasteiger charge is -2.03. The fourth-order valence-electron chi connectivity index (χ4n) is 2.17. The number of nitrogens with zero attached hydrogens (tertiary/aromatic N) is 1. The molecule has 0 radical (unpaired) electrons. The van der Waals surface area contributed by atoms with Gasteiger partial charge in [0.2, 0.25) is 0 Å². The Kier molecular flexibility index (Phi) is 3.10. The maximum absolute atomic E-state index is 5.13. The summed E-state index contributed by atoms with van der Waals surface area (Å²) in [5.74, 6) is 1.86. The quantitative estimate of drug-likeness (QED) is 0.808. The first-order valence-corrected chi connectivity index (χ1v) is 5.87. The van der Waals surface area contributed by atoms with E-state index in [-0.39, 0.29) is 0 Å². The highest BCUT2D eigenvalue weighted by Crippen LogP contribution is 2.34. The van der Waals surface area contributed by atoms with Crippen LogP contribution >= 0.6 is 0 Å². The van der Waals surface area contributed by atoms with Crippen molar-refractivity contribution >= 4 is 0 Å². The second-order valence-electron chi connectivity index (χ2n) is 4.57. The van der Waals surface area contributed by atoms with Crippen molar-refractivity contribution in [2.45, 2.75) is 52.6 Å². The summed E-state index contributed by atoms with van der Waals surface area (Å²) in [4.78, 5) is 0. The summed E-state index contributed by atoms with van der Waals surface area (Å²) < 4.78 is 5.13. The van der Waals surface area contributed by atoms with Crippen molar-refractivity contribution in [3.8, 4) is 0 Å². The molecule has 0 aromatic carbocycles. The molecule has 0 amide bonds. The van der Waals surface area contributed by atoms with E-state index in [9.17, 15) is 0 Å². The van der Waals surface area contributed by atoms with E-state index in [1.165, 1.54) is 24.8 Å². The third-order valence-corrected chi connectivity index (χ3v) is 3.30. The molecule has 1 aromatic heterocycles. The molecule has 0 spiro atoms. The van der Waals surface area contributed by atoms with E-state index in [0.717, 1.165) is 30.0 Å². The van der Waals surface area contributed by atoms with Crippen molar-refractivity contribution < 1.29 is 4.52 Å². The molecule has 1 aromatic rings. The van der Waals surface area contributed by atoms with E-state index in [1.54, 1.807) is 0 Å². The van der Waals surface area contributed by atoms with Gasteiger partial charge < -0.3 is 9.84 Å². The van der Waals surface area contributed by atoms with Crippen LogP contribution in [0.5, 0.6) is 0 Å². The van der Waals surface area contributed by atoms with Crippen molar-refractivity contribution in [3.63, 3.8) is 0 Å². The average molecular weight is 208 g/mol. The zero-order valence-corrected chi connectivity index (χ0v) is 9.84. The lowest BCUT2D eigenvalue weighted by atomic mass is 10.2. The third-order valence-electron chi connectivity index (χ3n) is 3.30. The summed E-state index contributed by atoms with van der Waals surface area (Å²) in [7, 11) is 0. The Bertz CT molecular complexity index is 313. The van der Waals surface area contributed by atoms with Gasteiger partial charge in [-0.05, 0) is 32.6 Å². The zero-order valence-electron chi connectivity index (χ0n) is 9.84. The Hall–Kier alpha value is -0.830. The molecule has 84 valence electrons. The molecule has 2 unspecified atom stereocenters. The van der Waals surface area contributed by atoms with Crippen LogP contribution in [-0.2, 0) is 6.54 Å². The SMILES string of the molecule is CCCC1CC1NCc1c(C)noc1C. The largest absolute Gasteiger partial charge is 0.361 e. The van der Waals surface area contributed by atoms with Crippen LogP contribution in [0.2, 0.25) is 0 Å². The van der Waals surface area contributed by atoms with E-state index in [1.807, 2.05) is 13.8 Å². The molecule has 0 saturated heterocycles. The second kappa shape index (κ2) is 4.35. The maximum atomic E-state index is 5.13. The van der Waals surface area contributed by atoms with Crippen LogP contribution in [0.25, 0.3) is 0 Å². The van der Waals surface area contributed by atoms with Gasteiger partial charge in [0.05, 0.1) is 5.69 Å². The molecule has 2 atom stereocenters. The number of rotatable bonds is 5. The molecule has 1 aliphatic rings. The summed E-state index contributed by atoms with van der Waals surface area (Å²) in [6.45, 7) is 7.15. The van der Waals surface area contributed by atoms with E-state index in [4.69, 9.17) is 4.52 Å². The molecule has 1 aliphatic carbocycles. The average Bonchev–Trinajstić information content (AvgIpc) is 2.87. The van der Waals surface area contributed by atoms with Gasteiger partial charge in [0.15, 0.2) is 0 Å². The van der Waals surface area contributed by atoms with E-state index < -0.39 is 0 Å². The molecule has 1 fully saturated rings. The lowest BCUT2D eigenvalue weighted by molar-refractivity contribution is 0.391. The number of hydrogen-bond donors (Lipinski definition) is 1. The number of aromatic nitrogens is 1. The Labute approximate surface area is 91.2 Å². The topological polar surface area (TPSA) is 38.1 Å². The fourth-order valence-corrected chi connectivity index (χ4v) is 2.17. The highest BCUT2D eigenvalue weighted by molar-refractivity contribution is 5.20. The van der Waals surface area contributed by atoms with Crippen LogP contribution in [0.1, 0.15) is 43.2 Å². The first kappa shape index (κ1) is 10.7. The molecule has 1 saturated carbocycles. The summed E-state index contributed by atoms with van der Waals surface area (Å²) >= 11 is 0. The smallest absolute Gasteiger partial charge is 0.138 e. The van der Waals surface area contributed by atoms with Crippen molar-refractivity contribution in [3.05, 3.63) is 17.0 Å². The Balaban J connectivity index is 1.80. The highest BCUT2D eigenvalue weighted by Gasteiger charge is 2.35. The second-order valence-corrected chi connectivity index (χ2v) is 4.57. The van der Waals surface area contributed by atoms with E-state index in [0.29, 0.717) is 0 Å². The first-order valence-electron chi connectivity index (χ1n) is 5.87. The number of aryl methyl sites for hydroxylation is 2. The maximum Gasteiger partial charge on any atom is 0.138 e. The third kappa shape index (κ3) is 2.40. The molecule has 1 heterocycles. The van der Waals surface area contributed by atoms with Gasteiger partial charge in [0.1, 0.15) is 5.76 Å². The van der Waals surface area contributed by atoms with Crippen LogP contribution in [-0.4, -0.2) is 11.2 Å². The van der Waals surface area contributed by atoms with Crippen molar-refractivity contribution in [2.24, 2.45) is 5.92 Å². The van der Waals surface area contributed by atoms with Gasteiger partial charge in [-0.2, -0.15) is 0 Å². The van der Waals surface area contributed by atoms with Crippen LogP contribution < -0.4 is 5.32 Å². The monoisotopic (exact) mass is 208 g/mol. The summed E-state index contributed by atoms with van der Waals surface area (Å²) in [6.07, 6.45) is 4.00. The minimum atomic E-state index is 0.735. The van der Waals surface area contributed by atoms with Crippen molar-refractivity contribution in [1.29, 1.82) is 0 Å². The molecule has 3 heteroatoms. The van der Waals surface area contributed by atoms with Gasteiger partial charge in [-0.1, -0.05) is 18.5 Å². The van der Waals surface area contributed by atoms with E-state index in [2.05, 4.69) is 17.4 Å². The highest BCUT2D eigenvalue weighted by atomic mass is 16.5. The summed E-state index contributed by atoms with van der Waals surface area (Å²) in [6, 6.07) is 0.735. The Morgan fingerprint density at radius 2 is 2.27 bits per heavy atom. The zero-order chi connectivity index (χ0) is 10.8. The van der Waals surface area contributed by atoms with Gasteiger partial charge in [-0.15, -0.1) is 0 Å². The fraction of sp³-hybridized carbons (Fsp3) is 0.750. The predicted octanol–water partition coefficient (Wildman–Crippen LogP) is 2.57. The number of hydrogen-bond acceptors (Lipinski definition) is 3. The lowest BCUT2D eigenvalue weighted by Crippen LogP contribution is -2.18. The van der Waals surface area contributed by atoms with E-state index >= 15 is 0 Å². The Morgan fingerprint density at radius 1 is 1.47 bits per heavy atom. The summed E-state index contributed by atoms with van der Waals surface area (Å²) in [5.41, 5.74) is 2.25. The predicted molar refractivity (Wildman–Crippen MR) is 59.6 cm³/mol. The molecule has 2 rings (SSSR count). The van der Waals surface area contributed by atoms with Crippen LogP contribution in [0.3, 0.4) is 0 Å². The minimum absolute atomic E-state index is 0.735. The normalized spacial score (nSPS) is 24.5. The van der Waals surface area contributed by atoms with Crippen molar-refractivity contribution in [2.75, 3.05) is 0 Å². The molecular weight excluding hydrogens is 188 g/mol. The van der Waals surface area contributed by atoms with Gasteiger partial charge in [-0.25, -0.2) is 0 Å². The molecule has 0 bridgehead atoms. The number of nitrogens with one attached hydrogen (secondary N) is 1. The van der Waals surface area contributed by atoms with Gasteiger partial charge in [-0.3, -0.25) is 0 Å². The minimum Gasteiger partial charge on any atom is -0.361 e. The molecule has 0 aliphatic heterocycles. The first-order chi connectivity index (χ1) is 7.22. The Morgan fingerprint density at radius 3 is 2.87 bits per heavy atom. The standard InChI is InChI=1S/C12H20N2O/c1-4-5-10-6-12(10)13-7-11-8(2)14-15-9(11)3/h10,12-13H,4-7H2,1-3H3. The van der Waals surface area contributed by atoms with Gasteiger partial charge in [0, 0.05) is 18.2 Å². The van der Waals surface area contributed by atoms with Crippen LogP contribution in [0.4, 0.5) is 0 Å².